The molecule has 0 radical (unpaired) electrons. The molecule has 0 N–H and O–H groups in total. The van der Waals surface area contributed by atoms with Crippen LogP contribution in [0.1, 0.15) is 37.2 Å². The molecule has 1 fully saturated rings. The van der Waals surface area contributed by atoms with Gasteiger partial charge in [-0.25, -0.2) is 4.39 Å². The smallest absolute Gasteiger partial charge is 0.140 e. The molecule has 1 atom stereocenters. The number of Topliss-reactive ketones (excluding diaryl/α,β-unsaturated/α-hetero) is 1. The zero-order valence-electron chi connectivity index (χ0n) is 10.0. The van der Waals surface area contributed by atoms with Crippen LogP contribution in [0.4, 0.5) is 4.39 Å². The van der Waals surface area contributed by atoms with Gasteiger partial charge in [-0.3, -0.25) is 9.78 Å². The van der Waals surface area contributed by atoms with E-state index in [1.807, 2.05) is 6.07 Å². The molecule has 18 heavy (non-hydrogen) atoms. The summed E-state index contributed by atoms with van der Waals surface area (Å²) in [6.45, 7) is 0. The lowest BCUT2D eigenvalue weighted by Gasteiger charge is -2.21. The van der Waals surface area contributed by atoms with Crippen molar-refractivity contribution in [3.63, 3.8) is 0 Å². The van der Waals surface area contributed by atoms with Crippen LogP contribution in [0.5, 0.6) is 0 Å². The fourth-order valence-electron chi connectivity index (χ4n) is 2.76. The molecule has 0 aliphatic heterocycles. The third-order valence-corrected chi connectivity index (χ3v) is 3.67. The van der Waals surface area contributed by atoms with Crippen LogP contribution in [-0.4, -0.2) is 10.8 Å². The molecule has 1 unspecified atom stereocenters. The van der Waals surface area contributed by atoms with E-state index in [-0.39, 0.29) is 17.5 Å². The maximum absolute atomic E-state index is 13.4. The summed E-state index contributed by atoms with van der Waals surface area (Å²) in [7, 11) is 0. The fraction of sp³-hybridized carbons (Fsp3) is 0.333. The number of nitrogens with zero attached hydrogens (tertiary/aromatic N) is 1. The molecule has 1 heterocycles. The molecule has 3 rings (SSSR count). The summed E-state index contributed by atoms with van der Waals surface area (Å²) in [6.07, 6.45) is 5.26. The van der Waals surface area contributed by atoms with Gasteiger partial charge in [-0.2, -0.15) is 0 Å². The van der Waals surface area contributed by atoms with E-state index in [0.29, 0.717) is 6.42 Å². The minimum atomic E-state index is -0.278. The lowest BCUT2D eigenvalue weighted by molar-refractivity contribution is -0.121. The van der Waals surface area contributed by atoms with Crippen molar-refractivity contribution in [2.45, 2.75) is 31.6 Å². The number of fused-ring (bicyclic) bond motifs is 1. The second-order valence-corrected chi connectivity index (χ2v) is 4.83. The number of carbonyl (C=O) groups is 1. The number of benzene rings is 1. The molecule has 1 aliphatic rings. The van der Waals surface area contributed by atoms with Gasteiger partial charge in [-0.1, -0.05) is 6.42 Å². The van der Waals surface area contributed by atoms with Crippen molar-refractivity contribution in [3.05, 3.63) is 41.8 Å². The Bertz CT molecular complexity index is 608. The average molecular weight is 243 g/mol. The highest BCUT2D eigenvalue weighted by atomic mass is 19.1. The number of hydrogen-bond donors (Lipinski definition) is 0. The van der Waals surface area contributed by atoms with Gasteiger partial charge in [0, 0.05) is 23.9 Å². The molecule has 1 saturated carbocycles. The highest BCUT2D eigenvalue weighted by molar-refractivity contribution is 5.92. The first-order valence-corrected chi connectivity index (χ1v) is 6.32. The van der Waals surface area contributed by atoms with Crippen LogP contribution in [0.3, 0.4) is 0 Å². The van der Waals surface area contributed by atoms with Crippen molar-refractivity contribution >= 4 is 16.7 Å². The van der Waals surface area contributed by atoms with Crippen molar-refractivity contribution in [2.75, 3.05) is 0 Å². The Kier molecular flexibility index (Phi) is 2.82. The highest BCUT2D eigenvalue weighted by Gasteiger charge is 2.25. The maximum Gasteiger partial charge on any atom is 0.140 e. The average Bonchev–Trinajstić information content (AvgIpc) is 2.39. The first-order chi connectivity index (χ1) is 8.75. The lowest BCUT2D eigenvalue weighted by Crippen LogP contribution is -2.17. The Balaban J connectivity index is 2.15. The van der Waals surface area contributed by atoms with Crippen molar-refractivity contribution in [1.82, 2.24) is 4.98 Å². The summed E-state index contributed by atoms with van der Waals surface area (Å²) < 4.78 is 13.4. The molecular weight excluding hydrogens is 229 g/mol. The summed E-state index contributed by atoms with van der Waals surface area (Å²) in [5.41, 5.74) is 1.69. The third kappa shape index (κ3) is 1.90. The van der Waals surface area contributed by atoms with Crippen LogP contribution in [0, 0.1) is 5.82 Å². The summed E-state index contributed by atoms with van der Waals surface area (Å²) in [4.78, 5) is 16.2. The van der Waals surface area contributed by atoms with Crippen molar-refractivity contribution < 1.29 is 9.18 Å². The molecule has 1 aliphatic carbocycles. The van der Waals surface area contributed by atoms with Gasteiger partial charge in [0.25, 0.3) is 0 Å². The second-order valence-electron chi connectivity index (χ2n) is 4.83. The molecule has 2 nitrogen and oxygen atoms in total. The minimum Gasteiger partial charge on any atom is -0.299 e. The van der Waals surface area contributed by atoms with Crippen LogP contribution in [-0.2, 0) is 4.79 Å². The van der Waals surface area contributed by atoms with Gasteiger partial charge in [0.15, 0.2) is 0 Å². The van der Waals surface area contributed by atoms with Crippen molar-refractivity contribution in [2.24, 2.45) is 0 Å². The zero-order chi connectivity index (χ0) is 12.5. The van der Waals surface area contributed by atoms with Gasteiger partial charge in [-0.15, -0.1) is 0 Å². The van der Waals surface area contributed by atoms with Gasteiger partial charge in [-0.05, 0) is 42.7 Å². The molecule has 0 amide bonds. The van der Waals surface area contributed by atoms with Crippen LogP contribution >= 0.6 is 0 Å². The lowest BCUT2D eigenvalue weighted by atomic mass is 9.82. The van der Waals surface area contributed by atoms with Gasteiger partial charge < -0.3 is 0 Å². The summed E-state index contributed by atoms with van der Waals surface area (Å²) >= 11 is 0. The minimum absolute atomic E-state index is 0.0777. The van der Waals surface area contributed by atoms with Crippen LogP contribution < -0.4 is 0 Å². The van der Waals surface area contributed by atoms with Crippen molar-refractivity contribution in [1.29, 1.82) is 0 Å². The quantitative estimate of drug-likeness (QED) is 0.766. The molecule has 0 bridgehead atoms. The monoisotopic (exact) mass is 243 g/mol. The first kappa shape index (κ1) is 11.3. The fourth-order valence-corrected chi connectivity index (χ4v) is 2.76. The number of halogens is 1. The predicted octanol–water partition coefficient (Wildman–Crippen LogP) is 3.60. The van der Waals surface area contributed by atoms with E-state index in [2.05, 4.69) is 4.98 Å². The van der Waals surface area contributed by atoms with Gasteiger partial charge in [0.05, 0.1) is 5.52 Å². The van der Waals surface area contributed by atoms with Gasteiger partial charge >= 0.3 is 0 Å². The molecule has 1 aromatic carbocycles. The van der Waals surface area contributed by atoms with E-state index >= 15 is 0 Å². The topological polar surface area (TPSA) is 30.0 Å². The van der Waals surface area contributed by atoms with E-state index in [9.17, 15) is 9.18 Å². The number of carbonyl (C=O) groups excluding carboxylic acids is 1. The first-order valence-electron chi connectivity index (χ1n) is 6.32. The highest BCUT2D eigenvalue weighted by Crippen LogP contribution is 2.33. The van der Waals surface area contributed by atoms with E-state index in [1.54, 1.807) is 12.3 Å². The number of hydrogen-bond acceptors (Lipinski definition) is 2. The Morgan fingerprint density at radius 2 is 2.11 bits per heavy atom. The molecule has 0 spiro atoms. The van der Waals surface area contributed by atoms with Crippen molar-refractivity contribution in [3.8, 4) is 0 Å². The number of ketones is 1. The van der Waals surface area contributed by atoms with E-state index < -0.39 is 0 Å². The number of rotatable bonds is 1. The summed E-state index contributed by atoms with van der Waals surface area (Å²) in [6, 6.07) is 6.42. The van der Waals surface area contributed by atoms with E-state index in [4.69, 9.17) is 0 Å². The molecule has 3 heteroatoms. The standard InChI is InChI=1S/C15H14FNO/c16-10-5-6-14-13(9-10)11(7-8-17-14)12-3-1-2-4-15(12)18/h5-9,12H,1-4H2. The third-order valence-electron chi connectivity index (χ3n) is 3.67. The van der Waals surface area contributed by atoms with Crippen LogP contribution in [0.2, 0.25) is 0 Å². The number of aromatic nitrogens is 1. The van der Waals surface area contributed by atoms with E-state index in [1.165, 1.54) is 12.1 Å². The molecule has 92 valence electrons. The zero-order valence-corrected chi connectivity index (χ0v) is 10.0. The van der Waals surface area contributed by atoms with Crippen LogP contribution in [0.25, 0.3) is 10.9 Å². The predicted molar refractivity (Wildman–Crippen MR) is 67.9 cm³/mol. The molecule has 0 saturated heterocycles. The SMILES string of the molecule is O=C1CCCCC1c1ccnc2ccc(F)cc12. The molecule has 1 aromatic heterocycles. The Morgan fingerprint density at radius 3 is 2.94 bits per heavy atom. The Morgan fingerprint density at radius 1 is 1.22 bits per heavy atom. The summed E-state index contributed by atoms with van der Waals surface area (Å²) in [5.74, 6) is -0.0796. The second kappa shape index (κ2) is 4.48. The van der Waals surface area contributed by atoms with Crippen LogP contribution in [0.15, 0.2) is 30.5 Å². The van der Waals surface area contributed by atoms with Gasteiger partial charge in [0.2, 0.25) is 0 Å². The molecular formula is C15H14FNO. The Labute approximate surface area is 105 Å². The normalized spacial score (nSPS) is 20.3. The number of pyridine rings is 1. The Hall–Kier alpha value is -1.77. The molecule has 2 aromatic rings. The summed E-state index contributed by atoms with van der Waals surface area (Å²) in [5, 5.41) is 0.776. The maximum atomic E-state index is 13.4. The van der Waals surface area contributed by atoms with E-state index in [0.717, 1.165) is 35.7 Å². The largest absolute Gasteiger partial charge is 0.299 e. The van der Waals surface area contributed by atoms with Gasteiger partial charge in [0.1, 0.15) is 11.6 Å².